The van der Waals surface area contributed by atoms with E-state index in [0.717, 1.165) is 0 Å². The Morgan fingerprint density at radius 1 is 1.07 bits per heavy atom. The van der Waals surface area contributed by atoms with Crippen LogP contribution >= 0.6 is 8.03 Å². The first-order valence-corrected chi connectivity index (χ1v) is 4.61. The Morgan fingerprint density at radius 3 is 1.86 bits per heavy atom. The van der Waals surface area contributed by atoms with Crippen LogP contribution in [0.3, 0.4) is 0 Å². The summed E-state index contributed by atoms with van der Waals surface area (Å²) in [5, 5.41) is 9.08. The average Bonchev–Trinajstić information content (AvgIpc) is 2.05. The van der Waals surface area contributed by atoms with Crippen molar-refractivity contribution in [2.75, 3.05) is 0 Å². The first kappa shape index (κ1) is 23.4. The average molecular weight is 292 g/mol. The molecule has 0 aliphatic carbocycles. The number of aliphatic hydroxyl groups is 1. The van der Waals surface area contributed by atoms with Gasteiger partial charge in [-0.3, -0.25) is 4.57 Å². The molecule has 0 aliphatic heterocycles. The first-order valence-electron chi connectivity index (χ1n) is 3.17. The Balaban J connectivity index is -0.000000403. The summed E-state index contributed by atoms with van der Waals surface area (Å²) < 4.78 is 10.4. The zero-order valence-corrected chi connectivity index (χ0v) is 6.77. The molecule has 0 fully saturated rings. The minimum absolute atomic E-state index is 0. The quantitative estimate of drug-likeness (QED) is 0.554. The second-order valence-electron chi connectivity index (χ2n) is 2.15. The van der Waals surface area contributed by atoms with Crippen LogP contribution in [0.15, 0.2) is 30.3 Å². The summed E-state index contributed by atoms with van der Waals surface area (Å²) in [6, 6.07) is 8.43. The van der Waals surface area contributed by atoms with Crippen LogP contribution in [0.5, 0.6) is 0 Å². The van der Waals surface area contributed by atoms with Gasteiger partial charge in [0.25, 0.3) is 0 Å². The predicted molar refractivity (Wildman–Crippen MR) is 64.1 cm³/mol. The van der Waals surface area contributed by atoms with Crippen LogP contribution in [0.1, 0.15) is 11.4 Å². The van der Waals surface area contributed by atoms with Crippen molar-refractivity contribution < 1.29 is 14.6 Å². The molecule has 1 aromatic carbocycles. The number of benzene rings is 1. The molecule has 7 heteroatoms. The van der Waals surface area contributed by atoms with Gasteiger partial charge in [-0.15, -0.1) is 0 Å². The maximum atomic E-state index is 10.4. The molecule has 2 atom stereocenters. The van der Waals surface area contributed by atoms with Gasteiger partial charge in [0.05, 0.1) is 0 Å². The van der Waals surface area contributed by atoms with Gasteiger partial charge in [-0.05, 0) is 5.56 Å². The molecule has 3 nitrogen and oxygen atoms in total. The van der Waals surface area contributed by atoms with Gasteiger partial charge in [-0.2, -0.15) is 0 Å². The first-order chi connectivity index (χ1) is 5.22. The minimum atomic E-state index is -2.86. The summed E-state index contributed by atoms with van der Waals surface area (Å²) in [5.74, 6) is -1.22. The van der Waals surface area contributed by atoms with E-state index in [4.69, 9.17) is 10.00 Å². The van der Waals surface area contributed by atoms with Crippen molar-refractivity contribution in [3.05, 3.63) is 35.9 Å². The van der Waals surface area contributed by atoms with Crippen molar-refractivity contribution in [1.29, 1.82) is 0 Å². The molecule has 2 N–H and O–H groups in total. The fourth-order valence-corrected chi connectivity index (χ4v) is 1.26. The third-order valence-corrected chi connectivity index (χ3v) is 2.15. The third kappa shape index (κ3) is 9.24. The molecule has 66 valence electrons. The molecule has 0 bridgehead atoms. The van der Waals surface area contributed by atoms with Gasteiger partial charge in [0.15, 0.2) is 5.85 Å². The normalized spacial score (nSPS) is 12.4. The Kier molecular flexibility index (Phi) is 22.9. The van der Waals surface area contributed by atoms with E-state index in [1.54, 1.807) is 30.3 Å². The van der Waals surface area contributed by atoms with Crippen LogP contribution in [-0.2, 0) is 4.57 Å². The van der Waals surface area contributed by atoms with Gasteiger partial charge < -0.3 is 10.00 Å². The van der Waals surface area contributed by atoms with Crippen LogP contribution < -0.4 is 0 Å². The van der Waals surface area contributed by atoms with Gasteiger partial charge in [-0.1, -0.05) is 30.3 Å². The van der Waals surface area contributed by atoms with Gasteiger partial charge >= 0.3 is 154 Å². The molecule has 0 aliphatic rings. The number of hydrogen-bond acceptors (Lipinski definition) is 2. The predicted octanol–water partition coefficient (Wildman–Crippen LogP) is -0.801. The van der Waals surface area contributed by atoms with E-state index in [2.05, 4.69) is 0 Å². The fourth-order valence-electron chi connectivity index (χ4n) is 0.778. The van der Waals surface area contributed by atoms with E-state index in [1.165, 1.54) is 0 Å². The molecular weight excluding hydrogens is 280 g/mol. The van der Waals surface area contributed by atoms with E-state index in [9.17, 15) is 4.57 Å². The van der Waals surface area contributed by atoms with E-state index in [0.29, 0.717) is 5.56 Å². The van der Waals surface area contributed by atoms with Crippen molar-refractivity contribution in [2.45, 2.75) is 5.85 Å². The molecule has 1 aromatic rings. The molecule has 14 heavy (non-hydrogen) atoms. The van der Waals surface area contributed by atoms with Gasteiger partial charge in [0.1, 0.15) is 0 Å². The van der Waals surface area contributed by atoms with E-state index >= 15 is 0 Å². The van der Waals surface area contributed by atoms with Crippen LogP contribution in [0.2, 0.25) is 0 Å². The third-order valence-electron chi connectivity index (χ3n) is 1.35. The second kappa shape index (κ2) is 13.7. The maximum absolute atomic E-state index is 10.4. The molecule has 0 radical (unpaired) electrons. The van der Waals surface area contributed by atoms with Crippen molar-refractivity contribution in [3.63, 3.8) is 0 Å². The summed E-state index contributed by atoms with van der Waals surface area (Å²) in [7, 11) is -2.86. The second-order valence-corrected chi connectivity index (χ2v) is 3.37. The SMILES string of the molecule is O=[PH](O)C(O)c1ccccc1.[KH].[KH].[KH]. The Hall–Kier alpha value is 4.28. The van der Waals surface area contributed by atoms with Crippen molar-refractivity contribution in [1.82, 2.24) is 0 Å². The molecular formula is C7H12K3O3P. The summed E-state index contributed by atoms with van der Waals surface area (Å²) >= 11 is 0. The Labute approximate surface area is 212 Å². The van der Waals surface area contributed by atoms with E-state index in [1.807, 2.05) is 0 Å². The summed E-state index contributed by atoms with van der Waals surface area (Å²) in [6.45, 7) is 0. The Morgan fingerprint density at radius 2 is 1.50 bits per heavy atom. The van der Waals surface area contributed by atoms with Crippen LogP contribution in [0.25, 0.3) is 0 Å². The molecule has 0 saturated heterocycles. The summed E-state index contributed by atoms with van der Waals surface area (Å²) in [4.78, 5) is 8.57. The molecule has 1 rings (SSSR count). The zero-order valence-electron chi connectivity index (χ0n) is 5.77. The van der Waals surface area contributed by atoms with Crippen molar-refractivity contribution in [3.8, 4) is 0 Å². The zero-order chi connectivity index (χ0) is 8.27. The fraction of sp³-hybridized carbons (Fsp3) is 0.143. The van der Waals surface area contributed by atoms with Crippen molar-refractivity contribution >= 4 is 162 Å². The van der Waals surface area contributed by atoms with Gasteiger partial charge in [0, 0.05) is 0 Å². The molecule has 2 unspecified atom stereocenters. The topological polar surface area (TPSA) is 57.5 Å². The molecule has 0 aromatic heterocycles. The summed E-state index contributed by atoms with van der Waals surface area (Å²) in [5.41, 5.74) is 0.485. The van der Waals surface area contributed by atoms with Gasteiger partial charge in [0.2, 0.25) is 8.03 Å². The van der Waals surface area contributed by atoms with Crippen LogP contribution in [0, 0.1) is 0 Å². The molecule has 0 amide bonds. The van der Waals surface area contributed by atoms with E-state index in [-0.39, 0.29) is 154 Å². The van der Waals surface area contributed by atoms with Crippen LogP contribution in [-0.4, -0.2) is 164 Å². The van der Waals surface area contributed by atoms with Crippen LogP contribution in [0.4, 0.5) is 0 Å². The summed E-state index contributed by atoms with van der Waals surface area (Å²) in [6.07, 6.45) is 0. The standard InChI is InChI=1S/C7H9O3P.3K.3H/c8-7(11(9)10)6-4-2-1-3-5-6;;;;;;/h1-5,7-8,11H,(H,9,10);;;;;;. The number of hydrogen-bond donors (Lipinski definition) is 2. The Bertz CT molecular complexity index is 258. The van der Waals surface area contributed by atoms with Gasteiger partial charge in [-0.25, -0.2) is 0 Å². The van der Waals surface area contributed by atoms with Crippen molar-refractivity contribution in [2.24, 2.45) is 0 Å². The molecule has 0 heterocycles. The number of aliphatic hydroxyl groups excluding tert-OH is 1. The molecule has 0 spiro atoms. The van der Waals surface area contributed by atoms with E-state index < -0.39 is 13.9 Å². The number of rotatable bonds is 2. The monoisotopic (exact) mass is 292 g/mol. The molecule has 0 saturated carbocycles.